The molecule has 2 saturated heterocycles. The van der Waals surface area contributed by atoms with Gasteiger partial charge in [-0.15, -0.1) is 0 Å². The van der Waals surface area contributed by atoms with Crippen molar-refractivity contribution < 1.29 is 29.0 Å². The van der Waals surface area contributed by atoms with Gasteiger partial charge in [0.25, 0.3) is 5.91 Å². The normalized spacial score (nSPS) is 18.8. The number of carbonyl (C=O) groups is 4. The molecule has 2 aromatic carbocycles. The number of rotatable bonds is 17. The monoisotopic (exact) mass is 776 g/mol. The summed E-state index contributed by atoms with van der Waals surface area (Å²) in [5.41, 5.74) is 7.98. The van der Waals surface area contributed by atoms with Gasteiger partial charge in [0.1, 0.15) is 18.2 Å². The molecule has 0 radical (unpaired) electrons. The van der Waals surface area contributed by atoms with Crippen LogP contribution in [0.1, 0.15) is 49.7 Å². The molecular weight excluding hydrogens is 725 g/mol. The highest BCUT2D eigenvalue weighted by molar-refractivity contribution is 5.89. The highest BCUT2D eigenvalue weighted by Crippen LogP contribution is 2.24. The second-order valence-electron chi connectivity index (χ2n) is 14.9. The molecule has 14 heteroatoms. The van der Waals surface area contributed by atoms with Crippen LogP contribution in [0.3, 0.4) is 0 Å². The third kappa shape index (κ3) is 10.5. The molecule has 57 heavy (non-hydrogen) atoms. The van der Waals surface area contributed by atoms with Crippen LogP contribution in [-0.2, 0) is 33.8 Å². The van der Waals surface area contributed by atoms with Gasteiger partial charge in [-0.25, -0.2) is 14.6 Å². The molecule has 0 saturated carbocycles. The van der Waals surface area contributed by atoms with Crippen LogP contribution in [0.2, 0.25) is 0 Å². The quantitative estimate of drug-likeness (QED) is 0.115. The van der Waals surface area contributed by atoms with Gasteiger partial charge in [0, 0.05) is 43.6 Å². The van der Waals surface area contributed by atoms with Gasteiger partial charge in [-0.1, -0.05) is 87.0 Å². The number of nitrogens with one attached hydrogen (secondary N) is 3. The number of urea groups is 1. The van der Waals surface area contributed by atoms with Crippen LogP contribution in [-0.4, -0.2) is 104 Å². The summed E-state index contributed by atoms with van der Waals surface area (Å²) in [5.74, 6) is -1.06. The van der Waals surface area contributed by atoms with Crippen LogP contribution in [0.25, 0.3) is 11.3 Å². The van der Waals surface area contributed by atoms with Gasteiger partial charge in [-0.2, -0.15) is 0 Å². The van der Waals surface area contributed by atoms with E-state index in [4.69, 9.17) is 4.74 Å². The molecule has 0 spiro atoms. The summed E-state index contributed by atoms with van der Waals surface area (Å²) >= 11 is 0. The average molecular weight is 777 g/mol. The van der Waals surface area contributed by atoms with Gasteiger partial charge in [0.15, 0.2) is 0 Å². The van der Waals surface area contributed by atoms with Crippen molar-refractivity contribution in [2.75, 3.05) is 19.6 Å². The molecule has 0 bridgehead atoms. The van der Waals surface area contributed by atoms with E-state index in [9.17, 15) is 24.3 Å². The minimum Gasteiger partial charge on any atom is -0.444 e. The SMILES string of the molecule is CCC(C)C(C(=O)N[C@@H](Cc1ccccc1)[C@@H](O)CN(Cc1ccc(-c2ccccn2)cc1)NC(=O)[C@H]1NC(=O)O[C@@H]1C)N1CCN(Cc2cccc(C)n2)C1=O. The zero-order valence-electron chi connectivity index (χ0n) is 32.9. The number of hydrazine groups is 1. The molecule has 0 aliphatic carbocycles. The van der Waals surface area contributed by atoms with Crippen LogP contribution in [0.5, 0.6) is 0 Å². The van der Waals surface area contributed by atoms with Crippen molar-refractivity contribution in [1.82, 2.24) is 40.8 Å². The number of aliphatic hydroxyl groups excluding tert-OH is 1. The van der Waals surface area contributed by atoms with Gasteiger partial charge >= 0.3 is 12.1 Å². The number of aliphatic hydroxyl groups is 1. The number of ether oxygens (including phenoxy) is 1. The Balaban J connectivity index is 1.22. The second-order valence-corrected chi connectivity index (χ2v) is 14.9. The molecule has 300 valence electrons. The Labute approximate surface area is 333 Å². The lowest BCUT2D eigenvalue weighted by Crippen LogP contribution is -2.59. The third-order valence-corrected chi connectivity index (χ3v) is 10.6. The zero-order valence-corrected chi connectivity index (χ0v) is 32.9. The van der Waals surface area contributed by atoms with Gasteiger partial charge in [0.2, 0.25) is 5.91 Å². The molecule has 5 amide bonds. The second kappa shape index (κ2) is 18.9. The van der Waals surface area contributed by atoms with E-state index in [2.05, 4.69) is 26.0 Å². The van der Waals surface area contributed by atoms with Crippen LogP contribution >= 0.6 is 0 Å². The largest absolute Gasteiger partial charge is 0.444 e. The molecule has 4 N–H and O–H groups in total. The smallest absolute Gasteiger partial charge is 0.408 e. The number of carbonyl (C=O) groups excluding carboxylic acids is 4. The fourth-order valence-corrected chi connectivity index (χ4v) is 7.30. The first kappa shape index (κ1) is 40.8. The van der Waals surface area contributed by atoms with Crippen LogP contribution < -0.4 is 16.1 Å². The number of benzene rings is 2. The molecule has 14 nitrogen and oxygen atoms in total. The van der Waals surface area contributed by atoms with Crippen LogP contribution in [0.15, 0.2) is 97.2 Å². The molecule has 2 aliphatic heterocycles. The maximum atomic E-state index is 14.4. The Hall–Kier alpha value is -5.86. The van der Waals surface area contributed by atoms with E-state index in [0.29, 0.717) is 26.1 Å². The maximum Gasteiger partial charge on any atom is 0.408 e. The number of aromatic nitrogens is 2. The van der Waals surface area contributed by atoms with Crippen molar-refractivity contribution in [3.05, 3.63) is 120 Å². The van der Waals surface area contributed by atoms with Gasteiger partial charge in [-0.05, 0) is 61.6 Å². The van der Waals surface area contributed by atoms with E-state index >= 15 is 0 Å². The first-order valence-corrected chi connectivity index (χ1v) is 19.5. The summed E-state index contributed by atoms with van der Waals surface area (Å²) in [7, 11) is 0. The summed E-state index contributed by atoms with van der Waals surface area (Å²) in [6.07, 6.45) is 0.0709. The molecular formula is C43H52N8O6. The van der Waals surface area contributed by atoms with Crippen molar-refractivity contribution in [2.45, 2.75) is 84.0 Å². The van der Waals surface area contributed by atoms with Crippen molar-refractivity contribution in [3.63, 3.8) is 0 Å². The first-order valence-electron chi connectivity index (χ1n) is 19.5. The summed E-state index contributed by atoms with van der Waals surface area (Å²) in [6, 6.07) is 25.9. The molecule has 4 heterocycles. The molecule has 2 aromatic heterocycles. The number of hydrogen-bond donors (Lipinski definition) is 4. The Morgan fingerprint density at radius 2 is 1.74 bits per heavy atom. The van der Waals surface area contributed by atoms with E-state index < -0.39 is 42.3 Å². The van der Waals surface area contributed by atoms with E-state index in [0.717, 1.165) is 33.8 Å². The number of aryl methyl sites for hydroxylation is 1. The molecule has 6 rings (SSSR count). The van der Waals surface area contributed by atoms with E-state index in [1.165, 1.54) is 0 Å². The van der Waals surface area contributed by atoms with Crippen molar-refractivity contribution in [3.8, 4) is 11.3 Å². The maximum absolute atomic E-state index is 14.4. The fourth-order valence-electron chi connectivity index (χ4n) is 7.30. The summed E-state index contributed by atoms with van der Waals surface area (Å²) in [5, 5.41) is 19.3. The van der Waals surface area contributed by atoms with E-state index in [1.54, 1.807) is 27.9 Å². The number of cyclic esters (lactones) is 1. The fraction of sp³-hybridized carbons (Fsp3) is 0.395. The van der Waals surface area contributed by atoms with E-state index in [-0.39, 0.29) is 37.4 Å². The standard InChI is InChI=1S/C43H52N8O6/c1-5-28(2)39(51-23-22-49(43(51)56)26-34-15-11-12-29(3)45-34)41(54)46-36(24-31-13-7-6-8-14-31)37(52)27-50(48-40(53)38-30(4)57-42(55)47-38)25-32-17-19-33(20-18-32)35-16-9-10-21-44-35/h6-21,28,30,36-39,52H,5,22-27H2,1-4H3,(H,46,54)(H,47,55)(H,48,53)/t28?,30-,36+,37+,38+,39?/m1/s1. The minimum absolute atomic E-state index is 0.0880. The Kier molecular flexibility index (Phi) is 13.5. The highest BCUT2D eigenvalue weighted by atomic mass is 16.6. The van der Waals surface area contributed by atoms with Gasteiger partial charge in [-0.3, -0.25) is 25.0 Å². The predicted molar refractivity (Wildman–Crippen MR) is 214 cm³/mol. The van der Waals surface area contributed by atoms with Crippen molar-refractivity contribution in [1.29, 1.82) is 0 Å². The molecule has 4 aromatic rings. The summed E-state index contributed by atoms with van der Waals surface area (Å²) < 4.78 is 5.15. The van der Waals surface area contributed by atoms with Crippen molar-refractivity contribution >= 4 is 23.9 Å². The average Bonchev–Trinajstić information content (AvgIpc) is 3.74. The van der Waals surface area contributed by atoms with Gasteiger partial charge in [0.05, 0.1) is 30.1 Å². The predicted octanol–water partition coefficient (Wildman–Crippen LogP) is 4.22. The Morgan fingerprint density at radius 3 is 2.40 bits per heavy atom. The Morgan fingerprint density at radius 1 is 0.982 bits per heavy atom. The third-order valence-electron chi connectivity index (χ3n) is 10.6. The first-order chi connectivity index (χ1) is 27.5. The number of hydrogen-bond acceptors (Lipinski definition) is 9. The summed E-state index contributed by atoms with van der Waals surface area (Å²) in [4.78, 5) is 66.1. The highest BCUT2D eigenvalue weighted by Gasteiger charge is 2.41. The number of alkyl carbamates (subject to hydrolysis) is 1. The topological polar surface area (TPSA) is 169 Å². The molecule has 2 fully saturated rings. The number of nitrogens with zero attached hydrogens (tertiary/aromatic N) is 5. The van der Waals surface area contributed by atoms with Crippen molar-refractivity contribution in [2.24, 2.45) is 5.92 Å². The molecule has 2 aliphatic rings. The zero-order chi connectivity index (χ0) is 40.5. The molecule has 6 atom stereocenters. The Bertz CT molecular complexity index is 1980. The van der Waals surface area contributed by atoms with E-state index in [1.807, 2.05) is 112 Å². The lowest BCUT2D eigenvalue weighted by molar-refractivity contribution is -0.131. The van der Waals surface area contributed by atoms with Gasteiger partial charge < -0.3 is 30.3 Å². The molecule has 2 unspecified atom stereocenters. The van der Waals surface area contributed by atoms with Crippen LogP contribution in [0, 0.1) is 12.8 Å². The number of amides is 5. The minimum atomic E-state index is -1.19. The lowest BCUT2D eigenvalue weighted by atomic mass is 9.95. The lowest BCUT2D eigenvalue weighted by Gasteiger charge is -2.35. The number of pyridine rings is 2. The van der Waals surface area contributed by atoms with Crippen LogP contribution in [0.4, 0.5) is 9.59 Å². The summed E-state index contributed by atoms with van der Waals surface area (Å²) in [6.45, 7) is 8.73.